The Hall–Kier alpha value is -0.820. The van der Waals surface area contributed by atoms with E-state index in [1.54, 1.807) is 0 Å². The highest BCUT2D eigenvalue weighted by atomic mass is 15.1. The van der Waals surface area contributed by atoms with Gasteiger partial charge in [0.1, 0.15) is 0 Å². The third-order valence-electron chi connectivity index (χ3n) is 14.6. The van der Waals surface area contributed by atoms with E-state index >= 15 is 0 Å². The van der Waals surface area contributed by atoms with Crippen LogP contribution in [0.4, 0.5) is 0 Å². The Bertz CT molecular complexity index is 871. The number of rotatable bonds is 8. The number of hydrogen-bond acceptors (Lipinski definition) is 1. The second kappa shape index (κ2) is 32.9. The molecule has 4 fully saturated rings. The fourth-order valence-electron chi connectivity index (χ4n) is 9.71. The molecule has 0 radical (unpaired) electrons. The van der Waals surface area contributed by atoms with E-state index in [4.69, 9.17) is 0 Å². The summed E-state index contributed by atoms with van der Waals surface area (Å²) >= 11 is 0. The lowest BCUT2D eigenvalue weighted by Gasteiger charge is -2.36. The first kappa shape index (κ1) is 60.5. The summed E-state index contributed by atoms with van der Waals surface area (Å²) in [6.45, 7) is 56.1. The predicted molar refractivity (Wildman–Crippen MR) is 267 cm³/mol. The third kappa shape index (κ3) is 21.5. The quantitative estimate of drug-likeness (QED) is 0.253. The summed E-state index contributed by atoms with van der Waals surface area (Å²) < 4.78 is 0. The van der Waals surface area contributed by atoms with Gasteiger partial charge in [-0.3, -0.25) is 0 Å². The monoisotopic (exact) mass is 800 g/mol. The maximum absolute atomic E-state index is 2.60. The van der Waals surface area contributed by atoms with Crippen molar-refractivity contribution in [3.05, 3.63) is 35.4 Å². The Morgan fingerprint density at radius 2 is 0.649 bits per heavy atom. The highest BCUT2D eigenvalue weighted by Crippen LogP contribution is 2.66. The van der Waals surface area contributed by atoms with E-state index in [0.29, 0.717) is 11.8 Å². The molecule has 5 rings (SSSR count). The van der Waals surface area contributed by atoms with Gasteiger partial charge >= 0.3 is 0 Å². The zero-order chi connectivity index (χ0) is 45.1. The topological polar surface area (TPSA) is 3.24 Å². The molecule has 2 bridgehead atoms. The molecule has 1 nitrogen and oxygen atoms in total. The predicted octanol–water partition coefficient (Wildman–Crippen LogP) is 19.2. The van der Waals surface area contributed by atoms with Crippen molar-refractivity contribution in [3.8, 4) is 0 Å². The molecule has 342 valence electrons. The molecule has 0 N–H and O–H groups in total. The van der Waals surface area contributed by atoms with Gasteiger partial charge in [-0.05, 0) is 179 Å². The molecule has 4 aliphatic rings. The van der Waals surface area contributed by atoms with Crippen LogP contribution in [0.15, 0.2) is 24.3 Å². The molecule has 1 aliphatic heterocycles. The van der Waals surface area contributed by atoms with Gasteiger partial charge in [0.15, 0.2) is 0 Å². The Kier molecular flexibility index (Phi) is 34.9. The summed E-state index contributed by atoms with van der Waals surface area (Å²) in [5, 5.41) is 0. The summed E-state index contributed by atoms with van der Waals surface area (Å²) in [5.41, 5.74) is 4.37. The van der Waals surface area contributed by atoms with Gasteiger partial charge in [0.2, 0.25) is 0 Å². The molecule has 0 aromatic heterocycles. The molecule has 3 saturated carbocycles. The molecule has 1 heterocycles. The average molecular weight is 801 g/mol. The molecular weight excluding hydrogens is 687 g/mol. The summed E-state index contributed by atoms with van der Waals surface area (Å²) in [6.07, 6.45) is 16.4. The number of benzene rings is 1. The van der Waals surface area contributed by atoms with Crippen LogP contribution in [0.25, 0.3) is 0 Å². The maximum atomic E-state index is 2.60. The summed E-state index contributed by atoms with van der Waals surface area (Å²) in [4.78, 5) is 2.60. The Labute approximate surface area is 364 Å². The van der Waals surface area contributed by atoms with E-state index in [2.05, 4.69) is 140 Å². The molecule has 0 amide bonds. The van der Waals surface area contributed by atoms with Gasteiger partial charge in [-0.15, -0.1) is 0 Å². The van der Waals surface area contributed by atoms with Crippen LogP contribution in [0.1, 0.15) is 260 Å². The van der Waals surface area contributed by atoms with Crippen LogP contribution >= 0.6 is 0 Å². The SMILES string of the molecule is CC.CC.CC.CC.CC(C)C12CCC(C(C)C)(CC1)C2.CC(C)C1CCC(C(C)C)CC1.CC(C)C1CCN(C(C)C)CC1.CC(C)c1ccc(C(C)C)cc1. The van der Waals surface area contributed by atoms with E-state index in [1.165, 1.54) is 94.8 Å². The van der Waals surface area contributed by atoms with Gasteiger partial charge in [0.25, 0.3) is 0 Å². The first-order chi connectivity index (χ1) is 26.8. The van der Waals surface area contributed by atoms with Crippen LogP contribution in [0, 0.1) is 58.2 Å². The first-order valence-electron chi connectivity index (χ1n) is 25.7. The van der Waals surface area contributed by atoms with Gasteiger partial charge in [0, 0.05) is 6.04 Å². The number of fused-ring (bicyclic) bond motifs is 2. The van der Waals surface area contributed by atoms with Crippen molar-refractivity contribution < 1.29 is 0 Å². The van der Waals surface area contributed by atoms with Crippen LogP contribution in [-0.4, -0.2) is 24.0 Å². The van der Waals surface area contributed by atoms with Crippen LogP contribution in [0.5, 0.6) is 0 Å². The third-order valence-corrected chi connectivity index (χ3v) is 14.6. The minimum Gasteiger partial charge on any atom is -0.301 e. The molecule has 1 heteroatoms. The van der Waals surface area contributed by atoms with Gasteiger partial charge < -0.3 is 4.90 Å². The minimum atomic E-state index is 0.645. The zero-order valence-corrected chi connectivity index (χ0v) is 44.3. The lowest BCUT2D eigenvalue weighted by Crippen LogP contribution is -2.39. The van der Waals surface area contributed by atoms with Gasteiger partial charge in [-0.2, -0.15) is 0 Å². The maximum Gasteiger partial charge on any atom is 0.00385 e. The molecule has 0 atom stereocenters. The van der Waals surface area contributed by atoms with Crippen molar-refractivity contribution in [2.24, 2.45) is 58.2 Å². The van der Waals surface area contributed by atoms with E-state index < -0.39 is 0 Å². The minimum absolute atomic E-state index is 0.645. The summed E-state index contributed by atoms with van der Waals surface area (Å²) in [6, 6.07) is 9.69. The van der Waals surface area contributed by atoms with E-state index in [1.807, 2.05) is 55.4 Å². The molecule has 57 heavy (non-hydrogen) atoms. The van der Waals surface area contributed by atoms with E-state index in [9.17, 15) is 0 Å². The van der Waals surface area contributed by atoms with Gasteiger partial charge in [0.05, 0.1) is 0 Å². The molecule has 1 aromatic carbocycles. The zero-order valence-electron chi connectivity index (χ0n) is 44.3. The van der Waals surface area contributed by atoms with Gasteiger partial charge in [-0.1, -0.05) is 177 Å². The Morgan fingerprint density at radius 1 is 0.404 bits per heavy atom. The first-order valence-corrected chi connectivity index (χ1v) is 25.7. The highest BCUT2D eigenvalue weighted by molar-refractivity contribution is 5.26. The molecule has 0 spiro atoms. The lowest BCUT2D eigenvalue weighted by atomic mass is 9.73. The molecule has 1 aromatic rings. The standard InChI is InChI=1S/C13H24.C12H24.C12H18.C11H23N.4C2H6/c1-10(2)12-5-7-13(9-12,8-6-12)11(3)4;3*1-9(2)11-5-7-12(8-6-11)10(3)4;4*1-2/h10-11H,5-9H2,1-4H3;9-12H,5-8H2,1-4H3;5-10H,1-4H3;9-11H,5-8H2,1-4H3;4*1-2H3. The smallest absolute Gasteiger partial charge is 0.00385 e. The second-order valence-electron chi connectivity index (χ2n) is 20.1. The fourth-order valence-corrected chi connectivity index (χ4v) is 9.71. The van der Waals surface area contributed by atoms with Crippen LogP contribution in [-0.2, 0) is 0 Å². The van der Waals surface area contributed by atoms with Gasteiger partial charge in [-0.25, -0.2) is 0 Å². The van der Waals surface area contributed by atoms with Crippen molar-refractivity contribution >= 4 is 0 Å². The lowest BCUT2D eigenvalue weighted by molar-refractivity contribution is 0.129. The Balaban J connectivity index is -0.000000643. The second-order valence-corrected chi connectivity index (χ2v) is 20.1. The van der Waals surface area contributed by atoms with Crippen LogP contribution < -0.4 is 0 Å². The van der Waals surface area contributed by atoms with Crippen molar-refractivity contribution in [2.75, 3.05) is 13.1 Å². The van der Waals surface area contributed by atoms with Crippen molar-refractivity contribution in [3.63, 3.8) is 0 Å². The summed E-state index contributed by atoms with van der Waals surface area (Å²) in [5.74, 6) is 8.87. The largest absolute Gasteiger partial charge is 0.301 e. The Morgan fingerprint density at radius 3 is 0.825 bits per heavy atom. The van der Waals surface area contributed by atoms with Crippen LogP contribution in [0.3, 0.4) is 0 Å². The number of likely N-dealkylation sites (tertiary alicyclic amines) is 1. The van der Waals surface area contributed by atoms with Crippen molar-refractivity contribution in [1.82, 2.24) is 4.90 Å². The molecule has 3 aliphatic carbocycles. The molecular formula is C56H113N. The number of hydrogen-bond donors (Lipinski definition) is 0. The normalized spacial score (nSPS) is 24.1. The molecule has 1 saturated heterocycles. The fraction of sp³-hybridized carbons (Fsp3) is 0.893. The van der Waals surface area contributed by atoms with E-state index in [0.717, 1.165) is 64.2 Å². The average Bonchev–Trinajstić information content (AvgIpc) is 3.82. The number of piperidine rings is 1. The van der Waals surface area contributed by atoms with Crippen molar-refractivity contribution in [2.45, 2.75) is 255 Å². The summed E-state index contributed by atoms with van der Waals surface area (Å²) in [7, 11) is 0. The van der Waals surface area contributed by atoms with Crippen LogP contribution in [0.2, 0.25) is 0 Å². The number of nitrogens with zero attached hydrogens (tertiary/aromatic N) is 1. The van der Waals surface area contributed by atoms with E-state index in [-0.39, 0.29) is 0 Å². The highest BCUT2D eigenvalue weighted by Gasteiger charge is 2.56. The van der Waals surface area contributed by atoms with Crippen molar-refractivity contribution in [1.29, 1.82) is 0 Å². The molecule has 0 unspecified atom stereocenters.